The minimum Gasteiger partial charge on any atom is -0.382 e. The summed E-state index contributed by atoms with van der Waals surface area (Å²) in [5.41, 5.74) is 0. The van der Waals surface area contributed by atoms with Crippen LogP contribution in [-0.4, -0.2) is 40.9 Å². The monoisotopic (exact) mass is 253 g/mol. The molecule has 0 saturated carbocycles. The fourth-order valence-corrected chi connectivity index (χ4v) is 2.53. The molecule has 102 valence electrons. The molecule has 2 nitrogen and oxygen atoms in total. The summed E-state index contributed by atoms with van der Waals surface area (Å²) >= 11 is 0. The number of alkyl halides is 3. The van der Waals surface area contributed by atoms with Crippen LogP contribution in [0, 0.1) is 11.8 Å². The summed E-state index contributed by atoms with van der Waals surface area (Å²) in [6.45, 7) is 8.43. The number of aliphatic hydroxyl groups excluding tert-OH is 1. The Labute approximate surface area is 101 Å². The maximum Gasteiger partial charge on any atom is 0.415 e. The Balaban J connectivity index is 2.82. The van der Waals surface area contributed by atoms with E-state index in [0.29, 0.717) is 18.9 Å². The van der Waals surface area contributed by atoms with Gasteiger partial charge in [0.15, 0.2) is 6.10 Å². The molecule has 1 heterocycles. The summed E-state index contributed by atoms with van der Waals surface area (Å²) in [7, 11) is 0. The van der Waals surface area contributed by atoms with Crippen LogP contribution in [0.5, 0.6) is 0 Å². The highest BCUT2D eigenvalue weighted by Gasteiger charge is 2.49. The van der Waals surface area contributed by atoms with Gasteiger partial charge in [0.1, 0.15) is 0 Å². The average molecular weight is 253 g/mol. The molecule has 1 rings (SSSR count). The van der Waals surface area contributed by atoms with Crippen LogP contribution in [0.15, 0.2) is 0 Å². The molecule has 1 aliphatic rings. The SMILES string of the molecule is CC(C)C1CC(C(O)C(F)(F)F)N(C(C)C)C1. The Bertz CT molecular complexity index is 253. The molecule has 17 heavy (non-hydrogen) atoms. The fourth-order valence-electron chi connectivity index (χ4n) is 2.53. The number of likely N-dealkylation sites (tertiary alicyclic amines) is 1. The van der Waals surface area contributed by atoms with Crippen LogP contribution in [0.2, 0.25) is 0 Å². The highest BCUT2D eigenvalue weighted by molar-refractivity contribution is 4.94. The normalized spacial score (nSPS) is 29.3. The molecule has 0 bridgehead atoms. The van der Waals surface area contributed by atoms with Crippen LogP contribution < -0.4 is 0 Å². The van der Waals surface area contributed by atoms with Crippen molar-refractivity contribution in [2.24, 2.45) is 11.8 Å². The van der Waals surface area contributed by atoms with Crippen LogP contribution in [0.4, 0.5) is 13.2 Å². The highest BCUT2D eigenvalue weighted by Crippen LogP contribution is 2.36. The molecule has 0 spiro atoms. The standard InChI is InChI=1S/C12H22F3NO/c1-7(2)9-5-10(11(17)12(13,14)15)16(6-9)8(3)4/h7-11,17H,5-6H2,1-4H3. The number of rotatable bonds is 3. The van der Waals surface area contributed by atoms with Gasteiger partial charge in [0.05, 0.1) is 0 Å². The van der Waals surface area contributed by atoms with Crippen LogP contribution in [-0.2, 0) is 0 Å². The molecule has 0 aliphatic carbocycles. The zero-order chi connectivity index (χ0) is 13.4. The van der Waals surface area contributed by atoms with Gasteiger partial charge >= 0.3 is 6.18 Å². The van der Waals surface area contributed by atoms with Crippen molar-refractivity contribution in [3.8, 4) is 0 Å². The Morgan fingerprint density at radius 3 is 2.06 bits per heavy atom. The lowest BCUT2D eigenvalue weighted by Crippen LogP contribution is -2.49. The Morgan fingerprint density at radius 2 is 1.71 bits per heavy atom. The Morgan fingerprint density at radius 1 is 1.18 bits per heavy atom. The number of nitrogens with zero attached hydrogens (tertiary/aromatic N) is 1. The molecule has 5 heteroatoms. The molecular weight excluding hydrogens is 231 g/mol. The van der Waals surface area contributed by atoms with Gasteiger partial charge in [-0.15, -0.1) is 0 Å². The van der Waals surface area contributed by atoms with Gasteiger partial charge in [0.2, 0.25) is 0 Å². The molecule has 0 aromatic heterocycles. The van der Waals surface area contributed by atoms with E-state index in [1.165, 1.54) is 0 Å². The second kappa shape index (κ2) is 5.14. The highest BCUT2D eigenvalue weighted by atomic mass is 19.4. The van der Waals surface area contributed by atoms with E-state index in [1.54, 1.807) is 4.90 Å². The van der Waals surface area contributed by atoms with Crippen LogP contribution in [0.1, 0.15) is 34.1 Å². The summed E-state index contributed by atoms with van der Waals surface area (Å²) in [5.74, 6) is 0.584. The van der Waals surface area contributed by atoms with Crippen molar-refractivity contribution in [1.29, 1.82) is 0 Å². The number of hydrogen-bond acceptors (Lipinski definition) is 2. The lowest BCUT2D eigenvalue weighted by Gasteiger charge is -2.32. The van der Waals surface area contributed by atoms with E-state index in [1.807, 2.05) is 27.7 Å². The molecule has 1 fully saturated rings. The molecule has 0 aromatic rings. The number of aliphatic hydroxyl groups is 1. The molecule has 1 saturated heterocycles. The van der Waals surface area contributed by atoms with Crippen molar-refractivity contribution in [2.75, 3.05) is 6.54 Å². The third-order valence-corrected chi connectivity index (χ3v) is 3.72. The van der Waals surface area contributed by atoms with Gasteiger partial charge in [-0.1, -0.05) is 13.8 Å². The fraction of sp³-hybridized carbons (Fsp3) is 1.00. The van der Waals surface area contributed by atoms with Gasteiger partial charge in [0.25, 0.3) is 0 Å². The minimum atomic E-state index is -4.52. The lowest BCUT2D eigenvalue weighted by atomic mass is 9.92. The molecule has 3 unspecified atom stereocenters. The topological polar surface area (TPSA) is 23.5 Å². The zero-order valence-corrected chi connectivity index (χ0v) is 10.8. The van der Waals surface area contributed by atoms with Gasteiger partial charge < -0.3 is 5.11 Å². The molecule has 1 N–H and O–H groups in total. The summed E-state index contributed by atoms with van der Waals surface area (Å²) < 4.78 is 37.8. The van der Waals surface area contributed by atoms with E-state index in [2.05, 4.69) is 0 Å². The summed E-state index contributed by atoms with van der Waals surface area (Å²) in [6, 6.07) is -0.761. The smallest absolute Gasteiger partial charge is 0.382 e. The minimum absolute atomic E-state index is 0.0285. The molecule has 3 atom stereocenters. The van der Waals surface area contributed by atoms with Gasteiger partial charge in [-0.25, -0.2) is 0 Å². The predicted octanol–water partition coefficient (Wildman–Crippen LogP) is 2.66. The van der Waals surface area contributed by atoms with Crippen molar-refractivity contribution < 1.29 is 18.3 Å². The lowest BCUT2D eigenvalue weighted by molar-refractivity contribution is -0.220. The zero-order valence-electron chi connectivity index (χ0n) is 10.8. The molecule has 0 aromatic carbocycles. The number of halogens is 3. The van der Waals surface area contributed by atoms with E-state index >= 15 is 0 Å². The molecular formula is C12H22F3NO. The second-order valence-corrected chi connectivity index (χ2v) is 5.58. The second-order valence-electron chi connectivity index (χ2n) is 5.58. The first-order valence-corrected chi connectivity index (χ1v) is 6.15. The van der Waals surface area contributed by atoms with Crippen molar-refractivity contribution >= 4 is 0 Å². The van der Waals surface area contributed by atoms with Gasteiger partial charge in [-0.3, -0.25) is 4.90 Å². The van der Waals surface area contributed by atoms with Crippen LogP contribution in [0.25, 0.3) is 0 Å². The molecule has 0 amide bonds. The first kappa shape index (κ1) is 14.8. The Kier molecular flexibility index (Phi) is 4.47. The number of hydrogen-bond donors (Lipinski definition) is 1. The first-order valence-electron chi connectivity index (χ1n) is 6.15. The van der Waals surface area contributed by atoms with Crippen molar-refractivity contribution in [1.82, 2.24) is 4.90 Å². The summed E-state index contributed by atoms with van der Waals surface area (Å²) in [4.78, 5) is 1.78. The van der Waals surface area contributed by atoms with Crippen LogP contribution >= 0.6 is 0 Å². The Hall–Kier alpha value is -0.290. The quantitative estimate of drug-likeness (QED) is 0.836. The van der Waals surface area contributed by atoms with E-state index in [9.17, 15) is 18.3 Å². The van der Waals surface area contributed by atoms with Crippen LogP contribution in [0.3, 0.4) is 0 Å². The van der Waals surface area contributed by atoms with E-state index in [0.717, 1.165) is 0 Å². The summed E-state index contributed by atoms with van der Waals surface area (Å²) in [5, 5.41) is 9.44. The molecule has 0 radical (unpaired) electrons. The van der Waals surface area contributed by atoms with Gasteiger partial charge in [-0.2, -0.15) is 13.2 Å². The van der Waals surface area contributed by atoms with Gasteiger partial charge in [0, 0.05) is 18.6 Å². The predicted molar refractivity (Wildman–Crippen MR) is 60.6 cm³/mol. The largest absolute Gasteiger partial charge is 0.415 e. The van der Waals surface area contributed by atoms with Crippen molar-refractivity contribution in [2.45, 2.75) is 58.5 Å². The third kappa shape index (κ3) is 3.35. The first-order chi connectivity index (χ1) is 7.64. The maximum absolute atomic E-state index is 12.6. The van der Waals surface area contributed by atoms with E-state index in [-0.39, 0.29) is 12.0 Å². The summed E-state index contributed by atoms with van der Waals surface area (Å²) in [6.07, 6.45) is -6.33. The third-order valence-electron chi connectivity index (χ3n) is 3.72. The maximum atomic E-state index is 12.6. The van der Waals surface area contributed by atoms with Crippen molar-refractivity contribution in [3.63, 3.8) is 0 Å². The van der Waals surface area contributed by atoms with Crippen molar-refractivity contribution in [3.05, 3.63) is 0 Å². The van der Waals surface area contributed by atoms with Gasteiger partial charge in [-0.05, 0) is 32.1 Å². The van der Waals surface area contributed by atoms with E-state index < -0.39 is 18.3 Å². The van der Waals surface area contributed by atoms with E-state index in [4.69, 9.17) is 0 Å². The molecule has 1 aliphatic heterocycles. The average Bonchev–Trinajstić information content (AvgIpc) is 2.59.